The van der Waals surface area contributed by atoms with Crippen LogP contribution in [0, 0.1) is 11.2 Å². The van der Waals surface area contributed by atoms with E-state index < -0.39 is 35.4 Å². The van der Waals surface area contributed by atoms with Crippen LogP contribution in [0.3, 0.4) is 0 Å². The van der Waals surface area contributed by atoms with E-state index in [1.165, 1.54) is 12.1 Å². The zero-order valence-electron chi connectivity index (χ0n) is 19.3. The van der Waals surface area contributed by atoms with Crippen LogP contribution < -0.4 is 20.9 Å². The van der Waals surface area contributed by atoms with Crippen molar-refractivity contribution in [3.05, 3.63) is 65.0 Å². The average Bonchev–Trinajstić information content (AvgIpc) is 2.81. The second-order valence-electron chi connectivity index (χ2n) is 9.29. The summed E-state index contributed by atoms with van der Waals surface area (Å²) in [5.74, 6) is -2.05. The number of rotatable bonds is 3. The number of carbonyl (C=O) groups is 4. The molecule has 3 aliphatic rings. The molecule has 5 rings (SSSR count). The molecule has 10 heteroatoms. The molecule has 2 aromatic rings. The number of hydrogen-bond donors (Lipinski definition) is 3. The number of anilines is 1. The summed E-state index contributed by atoms with van der Waals surface area (Å²) in [7, 11) is 0. The van der Waals surface area contributed by atoms with Crippen molar-refractivity contribution in [2.75, 3.05) is 11.4 Å². The van der Waals surface area contributed by atoms with Crippen LogP contribution in [-0.2, 0) is 27.3 Å². The predicted octanol–water partition coefficient (Wildman–Crippen LogP) is 1.65. The van der Waals surface area contributed by atoms with Crippen LogP contribution in [0.5, 0.6) is 0 Å². The molecule has 0 unspecified atom stereocenters. The maximum Gasteiger partial charge on any atom is 0.328 e. The van der Waals surface area contributed by atoms with Gasteiger partial charge in [-0.2, -0.15) is 0 Å². The molecule has 0 bridgehead atoms. The summed E-state index contributed by atoms with van der Waals surface area (Å²) in [6.07, 6.45) is -0.607. The first-order chi connectivity index (χ1) is 16.7. The van der Waals surface area contributed by atoms with Crippen molar-refractivity contribution >= 4 is 29.4 Å². The molecule has 182 valence electrons. The lowest BCUT2D eigenvalue weighted by atomic mass is 9.66. The third-order valence-corrected chi connectivity index (χ3v) is 6.94. The van der Waals surface area contributed by atoms with Gasteiger partial charge in [-0.3, -0.25) is 25.0 Å². The molecule has 9 nitrogen and oxygen atoms in total. The molecular formula is C25H25FN4O5. The Morgan fingerprint density at radius 1 is 1.11 bits per heavy atom. The highest BCUT2D eigenvalue weighted by molar-refractivity contribution is 6.20. The molecule has 0 saturated carbocycles. The molecule has 35 heavy (non-hydrogen) atoms. The fraction of sp³-hybridized carbons (Fsp3) is 0.360. The summed E-state index contributed by atoms with van der Waals surface area (Å²) in [5, 5.41) is 7.30. The normalized spacial score (nSPS) is 24.8. The summed E-state index contributed by atoms with van der Waals surface area (Å²) < 4.78 is 19.1. The number of carbonyl (C=O) groups excluding carboxylic acids is 4. The highest BCUT2D eigenvalue weighted by Gasteiger charge is 2.62. The summed E-state index contributed by atoms with van der Waals surface area (Å²) in [6.45, 7) is 4.38. The molecule has 3 aliphatic heterocycles. The van der Waals surface area contributed by atoms with E-state index in [1.54, 1.807) is 24.3 Å². The number of barbiturate groups is 1. The zero-order valence-corrected chi connectivity index (χ0v) is 19.3. The van der Waals surface area contributed by atoms with E-state index in [0.29, 0.717) is 17.7 Å². The summed E-state index contributed by atoms with van der Waals surface area (Å²) in [6, 6.07) is 9.54. The van der Waals surface area contributed by atoms with Gasteiger partial charge in [0, 0.05) is 24.3 Å². The Morgan fingerprint density at radius 3 is 2.49 bits per heavy atom. The van der Waals surface area contributed by atoms with Crippen LogP contribution in [0.1, 0.15) is 35.3 Å². The van der Waals surface area contributed by atoms with Crippen molar-refractivity contribution in [2.24, 2.45) is 5.41 Å². The lowest BCUT2D eigenvalue weighted by molar-refractivity contribution is -0.153. The standard InChI is InChI=1S/C25H25FN4O5/c1-13-12-30-19-8-5-16(21(31)27-11-15-3-6-18(26)7-4-15)9-17(19)10-25(20(30)14(2)35-13)22(32)28-24(34)29-23(25)33/h3-9,13-14,20H,10-12H2,1-2H3,(H,27,31)(H2,28,29,32,33,34)/t13-,14+,20-/m1/s1. The first-order valence-electron chi connectivity index (χ1n) is 11.4. The van der Waals surface area contributed by atoms with Gasteiger partial charge in [0.05, 0.1) is 18.2 Å². The van der Waals surface area contributed by atoms with Crippen molar-refractivity contribution in [1.29, 1.82) is 0 Å². The van der Waals surface area contributed by atoms with E-state index in [-0.39, 0.29) is 30.8 Å². The van der Waals surface area contributed by atoms with Gasteiger partial charge in [-0.1, -0.05) is 12.1 Å². The highest BCUT2D eigenvalue weighted by atomic mass is 19.1. The van der Waals surface area contributed by atoms with Gasteiger partial charge in [-0.25, -0.2) is 9.18 Å². The molecule has 3 heterocycles. The minimum atomic E-state index is -1.59. The first-order valence-corrected chi connectivity index (χ1v) is 11.4. The number of morpholine rings is 1. The summed E-state index contributed by atoms with van der Waals surface area (Å²) in [4.78, 5) is 53.1. The molecule has 3 N–H and O–H groups in total. The minimum Gasteiger partial charge on any atom is -0.372 e. The first kappa shape index (κ1) is 23.0. The topological polar surface area (TPSA) is 117 Å². The number of fused-ring (bicyclic) bond motifs is 4. The zero-order chi connectivity index (χ0) is 24.9. The van der Waals surface area contributed by atoms with Crippen molar-refractivity contribution in [2.45, 2.75) is 45.1 Å². The number of nitrogens with zero attached hydrogens (tertiary/aromatic N) is 1. The molecular weight excluding hydrogens is 455 g/mol. The molecule has 2 aromatic carbocycles. The molecule has 2 fully saturated rings. The average molecular weight is 480 g/mol. The van der Waals surface area contributed by atoms with E-state index in [2.05, 4.69) is 16.0 Å². The molecule has 1 spiro atoms. The number of hydrogen-bond acceptors (Lipinski definition) is 6. The van der Waals surface area contributed by atoms with E-state index in [9.17, 15) is 23.6 Å². The predicted molar refractivity (Wildman–Crippen MR) is 123 cm³/mol. The number of ether oxygens (including phenoxy) is 1. The lowest BCUT2D eigenvalue weighted by Gasteiger charge is -2.55. The maximum atomic E-state index is 13.2. The lowest BCUT2D eigenvalue weighted by Crippen LogP contribution is -2.75. The second-order valence-corrected chi connectivity index (χ2v) is 9.29. The molecule has 2 saturated heterocycles. The quantitative estimate of drug-likeness (QED) is 0.576. The third kappa shape index (κ3) is 3.83. The van der Waals surface area contributed by atoms with Crippen molar-refractivity contribution in [1.82, 2.24) is 16.0 Å². The molecule has 3 atom stereocenters. The van der Waals surface area contributed by atoms with Gasteiger partial charge < -0.3 is 15.0 Å². The summed E-state index contributed by atoms with van der Waals surface area (Å²) in [5.41, 5.74) is 0.980. The molecule has 5 amide bonds. The number of urea groups is 1. The number of amides is 5. The minimum absolute atomic E-state index is 0.00953. The van der Waals surface area contributed by atoms with Crippen LogP contribution >= 0.6 is 0 Å². The van der Waals surface area contributed by atoms with Gasteiger partial charge in [-0.05, 0) is 61.7 Å². The molecule has 0 aromatic heterocycles. The Hall–Kier alpha value is -3.79. The SMILES string of the molecule is C[C@@H]1CN2c3ccc(C(=O)NCc4ccc(F)cc4)cc3CC3(C(=O)NC(=O)NC3=O)[C@H]2[C@H](C)O1. The van der Waals surface area contributed by atoms with Gasteiger partial charge in [0.25, 0.3) is 5.91 Å². The maximum absolute atomic E-state index is 13.2. The van der Waals surface area contributed by atoms with Gasteiger partial charge in [0.2, 0.25) is 11.8 Å². The van der Waals surface area contributed by atoms with Crippen molar-refractivity contribution < 1.29 is 28.3 Å². The van der Waals surface area contributed by atoms with E-state index in [1.807, 2.05) is 24.8 Å². The van der Waals surface area contributed by atoms with Gasteiger partial charge >= 0.3 is 6.03 Å². The van der Waals surface area contributed by atoms with Gasteiger partial charge in [0.1, 0.15) is 5.82 Å². The van der Waals surface area contributed by atoms with E-state index >= 15 is 0 Å². The smallest absolute Gasteiger partial charge is 0.328 e. The Labute approximate surface area is 201 Å². The van der Waals surface area contributed by atoms with Crippen LogP contribution in [-0.4, -0.2) is 48.5 Å². The summed E-state index contributed by atoms with van der Waals surface area (Å²) >= 11 is 0. The molecule has 0 radical (unpaired) electrons. The largest absolute Gasteiger partial charge is 0.372 e. The second kappa shape index (κ2) is 8.46. The van der Waals surface area contributed by atoms with E-state index in [4.69, 9.17) is 4.74 Å². The monoisotopic (exact) mass is 480 g/mol. The molecule has 0 aliphatic carbocycles. The van der Waals surface area contributed by atoms with E-state index in [0.717, 1.165) is 11.3 Å². The van der Waals surface area contributed by atoms with Crippen LogP contribution in [0.4, 0.5) is 14.9 Å². The number of imide groups is 2. The number of nitrogens with one attached hydrogen (secondary N) is 3. The van der Waals surface area contributed by atoms with Crippen molar-refractivity contribution in [3.63, 3.8) is 0 Å². The van der Waals surface area contributed by atoms with Gasteiger partial charge in [0.15, 0.2) is 5.41 Å². The Kier molecular flexibility index (Phi) is 5.55. The highest BCUT2D eigenvalue weighted by Crippen LogP contribution is 2.46. The Bertz CT molecular complexity index is 1210. The number of halogens is 1. The van der Waals surface area contributed by atoms with Crippen LogP contribution in [0.15, 0.2) is 42.5 Å². The fourth-order valence-electron chi connectivity index (χ4n) is 5.48. The van der Waals surface area contributed by atoms with Crippen molar-refractivity contribution in [3.8, 4) is 0 Å². The Balaban J connectivity index is 1.49. The van der Waals surface area contributed by atoms with Crippen LogP contribution in [0.2, 0.25) is 0 Å². The number of benzene rings is 2. The third-order valence-electron chi connectivity index (χ3n) is 6.94. The van der Waals surface area contributed by atoms with Gasteiger partial charge in [-0.15, -0.1) is 0 Å². The fourth-order valence-corrected chi connectivity index (χ4v) is 5.48. The Morgan fingerprint density at radius 2 is 1.80 bits per heavy atom. The van der Waals surface area contributed by atoms with Crippen LogP contribution in [0.25, 0.3) is 0 Å².